The molecule has 2 rings (SSSR count). The van der Waals surface area contributed by atoms with Gasteiger partial charge in [0.1, 0.15) is 5.71 Å². The second-order valence-corrected chi connectivity index (χ2v) is 5.65. The molecule has 0 bridgehead atoms. The maximum atomic E-state index is 11.7. The van der Waals surface area contributed by atoms with Crippen molar-refractivity contribution in [3.63, 3.8) is 0 Å². The summed E-state index contributed by atoms with van der Waals surface area (Å²) < 4.78 is 0. The van der Waals surface area contributed by atoms with E-state index in [0.717, 1.165) is 0 Å². The van der Waals surface area contributed by atoms with Crippen molar-refractivity contribution in [3.05, 3.63) is 0 Å². The molecule has 1 aliphatic heterocycles. The van der Waals surface area contributed by atoms with Crippen LogP contribution in [0.4, 0.5) is 0 Å². The number of thioether (sulfide) groups is 1. The SMILES string of the molecule is CS[C@@]1(NC2CCCCC2)NN=C(C)C(=O)N1. The Morgan fingerprint density at radius 3 is 2.71 bits per heavy atom. The molecule has 2 aliphatic rings. The van der Waals surface area contributed by atoms with Gasteiger partial charge in [0.2, 0.25) is 5.12 Å². The standard InChI is InChI=1S/C11H20N4OS/c1-8-10(16)13-11(17-2,15-14-8)12-9-6-4-3-5-7-9/h9,12,15H,3-7H2,1-2H3,(H,13,16)/t11-/m1/s1. The average molecular weight is 256 g/mol. The minimum absolute atomic E-state index is 0.110. The number of carbonyl (C=O) groups is 1. The van der Waals surface area contributed by atoms with E-state index in [1.807, 2.05) is 6.26 Å². The van der Waals surface area contributed by atoms with E-state index >= 15 is 0 Å². The third kappa shape index (κ3) is 2.93. The number of hydrogen-bond donors (Lipinski definition) is 3. The Hall–Kier alpha value is -0.750. The molecule has 0 unspecified atom stereocenters. The lowest BCUT2D eigenvalue weighted by molar-refractivity contribution is -0.117. The molecule has 17 heavy (non-hydrogen) atoms. The van der Waals surface area contributed by atoms with Crippen molar-refractivity contribution in [1.82, 2.24) is 16.1 Å². The number of hydrazone groups is 1. The summed E-state index contributed by atoms with van der Waals surface area (Å²) >= 11 is 1.53. The highest BCUT2D eigenvalue weighted by molar-refractivity contribution is 7.99. The summed E-state index contributed by atoms with van der Waals surface area (Å²) in [6.07, 6.45) is 8.14. The summed E-state index contributed by atoms with van der Waals surface area (Å²) in [6.45, 7) is 1.70. The van der Waals surface area contributed by atoms with Gasteiger partial charge in [0.15, 0.2) is 0 Å². The van der Waals surface area contributed by atoms with Gasteiger partial charge in [-0.15, -0.1) is 0 Å². The summed E-state index contributed by atoms with van der Waals surface area (Å²) in [5, 5.41) is 9.86. The van der Waals surface area contributed by atoms with E-state index in [1.54, 1.807) is 6.92 Å². The fourth-order valence-corrected chi connectivity index (χ4v) is 2.87. The Labute approximate surface area is 106 Å². The monoisotopic (exact) mass is 256 g/mol. The first-order valence-corrected chi connectivity index (χ1v) is 7.34. The fraction of sp³-hybridized carbons (Fsp3) is 0.818. The van der Waals surface area contributed by atoms with Gasteiger partial charge in [-0.05, 0) is 26.0 Å². The van der Waals surface area contributed by atoms with Crippen molar-refractivity contribution in [2.24, 2.45) is 5.10 Å². The predicted octanol–water partition coefficient (Wildman–Crippen LogP) is 0.978. The second-order valence-electron chi connectivity index (χ2n) is 4.63. The summed E-state index contributed by atoms with van der Waals surface area (Å²) in [5.41, 5.74) is 3.49. The van der Waals surface area contributed by atoms with Gasteiger partial charge in [-0.1, -0.05) is 31.0 Å². The van der Waals surface area contributed by atoms with Crippen molar-refractivity contribution in [1.29, 1.82) is 0 Å². The van der Waals surface area contributed by atoms with Crippen molar-refractivity contribution < 1.29 is 4.79 Å². The van der Waals surface area contributed by atoms with Gasteiger partial charge in [-0.3, -0.25) is 15.5 Å². The third-order valence-electron chi connectivity index (χ3n) is 3.32. The molecule has 0 aromatic heterocycles. The molecule has 1 aliphatic carbocycles. The molecule has 6 heteroatoms. The van der Waals surface area contributed by atoms with Gasteiger partial charge in [-0.25, -0.2) is 0 Å². The Morgan fingerprint density at radius 1 is 1.41 bits per heavy atom. The molecule has 96 valence electrons. The Morgan fingerprint density at radius 2 is 2.12 bits per heavy atom. The van der Waals surface area contributed by atoms with Gasteiger partial charge in [-0.2, -0.15) is 5.10 Å². The van der Waals surface area contributed by atoms with E-state index in [4.69, 9.17) is 0 Å². The number of hydrogen-bond acceptors (Lipinski definition) is 5. The quantitative estimate of drug-likeness (QED) is 0.659. The zero-order valence-electron chi connectivity index (χ0n) is 10.4. The number of carbonyl (C=O) groups excluding carboxylic acids is 1. The summed E-state index contributed by atoms with van der Waals surface area (Å²) in [4.78, 5) is 11.7. The Kier molecular flexibility index (Phi) is 3.93. The van der Waals surface area contributed by atoms with Crippen LogP contribution in [0.1, 0.15) is 39.0 Å². The molecule has 5 nitrogen and oxygen atoms in total. The molecule has 0 radical (unpaired) electrons. The lowest BCUT2D eigenvalue weighted by Gasteiger charge is -2.39. The van der Waals surface area contributed by atoms with Crippen LogP contribution in [-0.4, -0.2) is 29.0 Å². The van der Waals surface area contributed by atoms with Gasteiger partial charge >= 0.3 is 0 Å². The van der Waals surface area contributed by atoms with Crippen LogP contribution >= 0.6 is 11.8 Å². The van der Waals surface area contributed by atoms with Gasteiger partial charge < -0.3 is 5.32 Å². The minimum Gasteiger partial charge on any atom is -0.306 e. The largest absolute Gasteiger partial charge is 0.306 e. The molecule has 0 aromatic rings. The van der Waals surface area contributed by atoms with Crippen LogP contribution in [0.15, 0.2) is 5.10 Å². The van der Waals surface area contributed by atoms with Crippen molar-refractivity contribution in [3.8, 4) is 0 Å². The topological polar surface area (TPSA) is 65.5 Å². The lowest BCUT2D eigenvalue weighted by Crippen LogP contribution is -2.69. The molecule has 1 fully saturated rings. The third-order valence-corrected chi connectivity index (χ3v) is 4.24. The molecule has 3 N–H and O–H groups in total. The zero-order chi connectivity index (χ0) is 12.3. The summed E-state index contributed by atoms with van der Waals surface area (Å²) in [5.74, 6) is -0.110. The number of rotatable bonds is 3. The van der Waals surface area contributed by atoms with Crippen LogP contribution in [0.3, 0.4) is 0 Å². The highest BCUT2D eigenvalue weighted by atomic mass is 32.2. The van der Waals surface area contributed by atoms with Crippen LogP contribution in [0.5, 0.6) is 0 Å². The van der Waals surface area contributed by atoms with Crippen LogP contribution in [-0.2, 0) is 4.79 Å². The van der Waals surface area contributed by atoms with E-state index in [2.05, 4.69) is 21.2 Å². The number of nitrogens with one attached hydrogen (secondary N) is 3. The maximum Gasteiger partial charge on any atom is 0.270 e. The summed E-state index contributed by atoms with van der Waals surface area (Å²) in [6, 6.07) is 0.456. The summed E-state index contributed by atoms with van der Waals surface area (Å²) in [7, 11) is 0. The van der Waals surface area contributed by atoms with E-state index in [-0.39, 0.29) is 5.91 Å². The van der Waals surface area contributed by atoms with Crippen molar-refractivity contribution in [2.75, 3.05) is 6.26 Å². The van der Waals surface area contributed by atoms with E-state index in [0.29, 0.717) is 11.8 Å². The van der Waals surface area contributed by atoms with Crippen molar-refractivity contribution >= 4 is 23.4 Å². The first-order chi connectivity index (χ1) is 8.15. The molecule has 0 saturated heterocycles. The first kappa shape index (κ1) is 12.7. The lowest BCUT2D eigenvalue weighted by atomic mass is 9.95. The van der Waals surface area contributed by atoms with E-state index < -0.39 is 5.12 Å². The van der Waals surface area contributed by atoms with Gasteiger partial charge in [0.05, 0.1) is 0 Å². The van der Waals surface area contributed by atoms with Gasteiger partial charge in [0.25, 0.3) is 5.91 Å². The van der Waals surface area contributed by atoms with Crippen LogP contribution < -0.4 is 16.1 Å². The molecule has 1 atom stereocenters. The number of amides is 1. The second kappa shape index (κ2) is 5.27. The molecule has 0 spiro atoms. The molecule has 1 saturated carbocycles. The molecule has 0 aromatic carbocycles. The average Bonchev–Trinajstić information content (AvgIpc) is 2.35. The highest BCUT2D eigenvalue weighted by Crippen LogP contribution is 2.23. The van der Waals surface area contributed by atoms with Crippen LogP contribution in [0.2, 0.25) is 0 Å². The molecule has 1 heterocycles. The number of nitrogens with zero attached hydrogens (tertiary/aromatic N) is 1. The highest BCUT2D eigenvalue weighted by Gasteiger charge is 2.36. The van der Waals surface area contributed by atoms with Crippen LogP contribution in [0.25, 0.3) is 0 Å². The predicted molar refractivity (Wildman–Crippen MR) is 70.6 cm³/mol. The first-order valence-electron chi connectivity index (χ1n) is 6.12. The molecular weight excluding hydrogens is 236 g/mol. The molecule has 1 amide bonds. The fourth-order valence-electron chi connectivity index (χ4n) is 2.25. The molecular formula is C11H20N4OS. The zero-order valence-corrected chi connectivity index (χ0v) is 11.2. The Bertz CT molecular complexity index is 327. The van der Waals surface area contributed by atoms with E-state index in [1.165, 1.54) is 43.9 Å². The smallest absolute Gasteiger partial charge is 0.270 e. The Balaban J connectivity index is 2.02. The van der Waals surface area contributed by atoms with Gasteiger partial charge in [0, 0.05) is 6.04 Å². The maximum absolute atomic E-state index is 11.7. The normalized spacial score (nSPS) is 30.5. The van der Waals surface area contributed by atoms with Crippen LogP contribution in [0, 0.1) is 0 Å². The van der Waals surface area contributed by atoms with E-state index in [9.17, 15) is 4.79 Å². The van der Waals surface area contributed by atoms with Crippen molar-refractivity contribution in [2.45, 2.75) is 50.2 Å². The minimum atomic E-state index is -0.640.